The fourth-order valence-corrected chi connectivity index (χ4v) is 3.04. The summed E-state index contributed by atoms with van der Waals surface area (Å²) >= 11 is 0. The first-order valence-electron chi connectivity index (χ1n) is 7.71. The lowest BCUT2D eigenvalue weighted by Crippen LogP contribution is -2.38. The van der Waals surface area contributed by atoms with E-state index in [0.29, 0.717) is 11.8 Å². The molecule has 2 atom stereocenters. The number of unbranched alkanes of at least 4 members (excludes halogenated alkanes) is 1. The van der Waals surface area contributed by atoms with Crippen LogP contribution in [0.2, 0.25) is 0 Å². The maximum absolute atomic E-state index is 12.5. The smallest absolute Gasteiger partial charge is 0.225 e. The Labute approximate surface area is 112 Å². The monoisotopic (exact) mass is 254 g/mol. The Balaban J connectivity index is 2.47. The topological polar surface area (TPSA) is 46.3 Å². The minimum Gasteiger partial charge on any atom is -0.343 e. The Morgan fingerprint density at radius 1 is 1.33 bits per heavy atom. The lowest BCUT2D eigenvalue weighted by atomic mass is 9.79. The van der Waals surface area contributed by atoms with Gasteiger partial charge < -0.3 is 10.6 Å². The normalized spacial score (nSPS) is 23.9. The van der Waals surface area contributed by atoms with E-state index >= 15 is 0 Å². The fourth-order valence-electron chi connectivity index (χ4n) is 3.04. The third kappa shape index (κ3) is 4.60. The lowest BCUT2D eigenvalue weighted by Gasteiger charge is -2.32. The quantitative estimate of drug-likeness (QED) is 0.759. The van der Waals surface area contributed by atoms with Crippen molar-refractivity contribution in [2.75, 3.05) is 19.6 Å². The van der Waals surface area contributed by atoms with Gasteiger partial charge in [0.1, 0.15) is 0 Å². The van der Waals surface area contributed by atoms with Crippen molar-refractivity contribution in [1.29, 1.82) is 0 Å². The van der Waals surface area contributed by atoms with Crippen LogP contribution in [0.25, 0.3) is 0 Å². The Morgan fingerprint density at radius 3 is 2.72 bits per heavy atom. The minimum atomic E-state index is 0.270. The molecule has 1 rings (SSSR count). The van der Waals surface area contributed by atoms with Crippen molar-refractivity contribution < 1.29 is 4.79 Å². The summed E-state index contributed by atoms with van der Waals surface area (Å²) < 4.78 is 0. The average Bonchev–Trinajstić information content (AvgIpc) is 2.40. The van der Waals surface area contributed by atoms with Crippen LogP contribution in [0.4, 0.5) is 0 Å². The van der Waals surface area contributed by atoms with Crippen LogP contribution >= 0.6 is 0 Å². The highest BCUT2D eigenvalue weighted by Crippen LogP contribution is 2.32. The number of hydrogen-bond donors (Lipinski definition) is 1. The Morgan fingerprint density at radius 2 is 2.11 bits per heavy atom. The van der Waals surface area contributed by atoms with Crippen LogP contribution in [0.1, 0.15) is 58.8 Å². The summed E-state index contributed by atoms with van der Waals surface area (Å²) in [6.07, 6.45) is 7.99. The van der Waals surface area contributed by atoms with Gasteiger partial charge in [-0.2, -0.15) is 0 Å². The molecule has 1 amide bonds. The van der Waals surface area contributed by atoms with Gasteiger partial charge in [0.15, 0.2) is 0 Å². The molecule has 0 bridgehead atoms. The molecule has 18 heavy (non-hydrogen) atoms. The van der Waals surface area contributed by atoms with Gasteiger partial charge in [-0.25, -0.2) is 0 Å². The Kier molecular flexibility index (Phi) is 7.33. The number of amides is 1. The average molecular weight is 254 g/mol. The van der Waals surface area contributed by atoms with Crippen LogP contribution in [0, 0.1) is 11.8 Å². The van der Waals surface area contributed by atoms with E-state index in [9.17, 15) is 4.79 Å². The zero-order chi connectivity index (χ0) is 13.4. The highest BCUT2D eigenvalue weighted by atomic mass is 16.2. The van der Waals surface area contributed by atoms with E-state index in [1.54, 1.807) is 0 Å². The third-order valence-electron chi connectivity index (χ3n) is 4.18. The van der Waals surface area contributed by atoms with E-state index in [-0.39, 0.29) is 5.92 Å². The second-order valence-corrected chi connectivity index (χ2v) is 5.58. The van der Waals surface area contributed by atoms with Crippen molar-refractivity contribution in [3.63, 3.8) is 0 Å². The standard InChI is InChI=1S/C15H30N2O/c1-3-5-11-17(4-2)15(18)14-8-6-7-13(12-14)9-10-16/h13-14H,3-12,16H2,1-2H3. The Bertz CT molecular complexity index is 241. The molecule has 0 aliphatic heterocycles. The highest BCUT2D eigenvalue weighted by Gasteiger charge is 2.29. The first kappa shape index (κ1) is 15.5. The molecule has 0 radical (unpaired) electrons. The molecular formula is C15H30N2O. The molecular weight excluding hydrogens is 224 g/mol. The van der Waals surface area contributed by atoms with E-state index in [2.05, 4.69) is 18.7 Å². The maximum atomic E-state index is 12.5. The van der Waals surface area contributed by atoms with Gasteiger partial charge in [-0.15, -0.1) is 0 Å². The van der Waals surface area contributed by atoms with E-state index < -0.39 is 0 Å². The number of rotatable bonds is 7. The van der Waals surface area contributed by atoms with E-state index in [1.807, 2.05) is 0 Å². The number of nitrogens with zero attached hydrogens (tertiary/aromatic N) is 1. The predicted molar refractivity (Wildman–Crippen MR) is 76.3 cm³/mol. The highest BCUT2D eigenvalue weighted by molar-refractivity contribution is 5.78. The molecule has 106 valence electrons. The summed E-state index contributed by atoms with van der Waals surface area (Å²) in [7, 11) is 0. The van der Waals surface area contributed by atoms with Crippen LogP contribution in [0.15, 0.2) is 0 Å². The van der Waals surface area contributed by atoms with Crippen LogP contribution in [0.5, 0.6) is 0 Å². The van der Waals surface area contributed by atoms with Crippen molar-refractivity contribution in [2.24, 2.45) is 17.6 Å². The van der Waals surface area contributed by atoms with Gasteiger partial charge in [-0.05, 0) is 45.1 Å². The number of hydrogen-bond acceptors (Lipinski definition) is 2. The zero-order valence-electron chi connectivity index (χ0n) is 12.2. The molecule has 3 nitrogen and oxygen atoms in total. The SMILES string of the molecule is CCCCN(CC)C(=O)C1CCCC(CCN)C1. The molecule has 0 aromatic rings. The molecule has 0 aromatic carbocycles. The Hall–Kier alpha value is -0.570. The van der Waals surface area contributed by atoms with Gasteiger partial charge in [0.05, 0.1) is 0 Å². The van der Waals surface area contributed by atoms with Crippen molar-refractivity contribution in [3.8, 4) is 0 Å². The molecule has 2 unspecified atom stereocenters. The van der Waals surface area contributed by atoms with Crippen molar-refractivity contribution in [1.82, 2.24) is 4.90 Å². The second-order valence-electron chi connectivity index (χ2n) is 5.58. The number of nitrogens with two attached hydrogens (primary N) is 1. The molecule has 1 aliphatic rings. The molecule has 0 spiro atoms. The lowest BCUT2D eigenvalue weighted by molar-refractivity contribution is -0.137. The molecule has 0 aromatic heterocycles. The second kappa shape index (κ2) is 8.52. The summed E-state index contributed by atoms with van der Waals surface area (Å²) in [5.74, 6) is 1.35. The van der Waals surface area contributed by atoms with Crippen LogP contribution < -0.4 is 5.73 Å². The molecule has 3 heteroatoms. The van der Waals surface area contributed by atoms with Gasteiger partial charge in [0.25, 0.3) is 0 Å². The number of carbonyl (C=O) groups excluding carboxylic acids is 1. The molecule has 1 fully saturated rings. The fraction of sp³-hybridized carbons (Fsp3) is 0.933. The van der Waals surface area contributed by atoms with Crippen molar-refractivity contribution >= 4 is 5.91 Å². The first-order chi connectivity index (χ1) is 8.72. The first-order valence-corrected chi connectivity index (χ1v) is 7.71. The van der Waals surface area contributed by atoms with Crippen molar-refractivity contribution in [2.45, 2.75) is 58.8 Å². The van der Waals surface area contributed by atoms with Gasteiger partial charge in [0.2, 0.25) is 5.91 Å². The van der Waals surface area contributed by atoms with E-state index in [0.717, 1.165) is 51.7 Å². The van der Waals surface area contributed by atoms with Gasteiger partial charge in [-0.1, -0.05) is 26.2 Å². The molecule has 0 heterocycles. The summed E-state index contributed by atoms with van der Waals surface area (Å²) in [6.45, 7) is 6.82. The molecule has 2 N–H and O–H groups in total. The van der Waals surface area contributed by atoms with Gasteiger partial charge in [-0.3, -0.25) is 4.79 Å². The van der Waals surface area contributed by atoms with Gasteiger partial charge in [0, 0.05) is 19.0 Å². The van der Waals surface area contributed by atoms with E-state index in [1.165, 1.54) is 12.8 Å². The maximum Gasteiger partial charge on any atom is 0.225 e. The minimum absolute atomic E-state index is 0.270. The van der Waals surface area contributed by atoms with Crippen LogP contribution in [-0.2, 0) is 4.79 Å². The molecule has 1 aliphatic carbocycles. The third-order valence-corrected chi connectivity index (χ3v) is 4.18. The van der Waals surface area contributed by atoms with Gasteiger partial charge >= 0.3 is 0 Å². The zero-order valence-corrected chi connectivity index (χ0v) is 12.2. The summed E-state index contributed by atoms with van der Waals surface area (Å²) in [5.41, 5.74) is 5.64. The van der Waals surface area contributed by atoms with E-state index in [4.69, 9.17) is 5.73 Å². The molecule has 0 saturated heterocycles. The summed E-state index contributed by atoms with van der Waals surface area (Å²) in [4.78, 5) is 14.5. The number of carbonyl (C=O) groups is 1. The summed E-state index contributed by atoms with van der Waals surface area (Å²) in [6, 6.07) is 0. The van der Waals surface area contributed by atoms with Crippen molar-refractivity contribution in [3.05, 3.63) is 0 Å². The predicted octanol–water partition coefficient (Wildman–Crippen LogP) is 2.79. The molecule has 1 saturated carbocycles. The summed E-state index contributed by atoms with van der Waals surface area (Å²) in [5, 5.41) is 0. The largest absolute Gasteiger partial charge is 0.343 e. The van der Waals surface area contributed by atoms with Crippen LogP contribution in [-0.4, -0.2) is 30.4 Å². The van der Waals surface area contributed by atoms with Crippen LogP contribution in [0.3, 0.4) is 0 Å².